The summed E-state index contributed by atoms with van der Waals surface area (Å²) >= 11 is 0. The highest BCUT2D eigenvalue weighted by atomic mass is 16.5. The van der Waals surface area contributed by atoms with Crippen molar-refractivity contribution in [3.8, 4) is 0 Å². The SMILES string of the molecule is C=C1OC(NC)c2ccccc21. The normalized spacial score (nSPS) is 20.4. The molecule has 2 heteroatoms. The van der Waals surface area contributed by atoms with Crippen LogP contribution >= 0.6 is 0 Å². The van der Waals surface area contributed by atoms with Crippen molar-refractivity contribution in [2.45, 2.75) is 6.23 Å². The summed E-state index contributed by atoms with van der Waals surface area (Å²) in [4.78, 5) is 0. The van der Waals surface area contributed by atoms with E-state index in [4.69, 9.17) is 4.74 Å². The molecule has 62 valence electrons. The number of rotatable bonds is 1. The average molecular weight is 161 g/mol. The highest BCUT2D eigenvalue weighted by Gasteiger charge is 2.24. The van der Waals surface area contributed by atoms with E-state index in [1.54, 1.807) is 0 Å². The van der Waals surface area contributed by atoms with Crippen LogP contribution in [0.5, 0.6) is 0 Å². The summed E-state index contributed by atoms with van der Waals surface area (Å²) in [5.41, 5.74) is 2.28. The minimum Gasteiger partial charge on any atom is -0.471 e. The lowest BCUT2D eigenvalue weighted by atomic mass is 10.1. The first-order valence-corrected chi connectivity index (χ1v) is 3.95. The van der Waals surface area contributed by atoms with Crippen LogP contribution in [0.15, 0.2) is 30.8 Å². The molecule has 1 atom stereocenters. The van der Waals surface area contributed by atoms with Crippen LogP contribution in [-0.4, -0.2) is 7.05 Å². The van der Waals surface area contributed by atoms with E-state index >= 15 is 0 Å². The summed E-state index contributed by atoms with van der Waals surface area (Å²) in [6, 6.07) is 8.07. The zero-order valence-corrected chi connectivity index (χ0v) is 7.00. The van der Waals surface area contributed by atoms with E-state index in [-0.39, 0.29) is 6.23 Å². The monoisotopic (exact) mass is 161 g/mol. The largest absolute Gasteiger partial charge is 0.471 e. The number of ether oxygens (including phenoxy) is 1. The molecule has 1 aromatic rings. The third-order valence-corrected chi connectivity index (χ3v) is 2.07. The van der Waals surface area contributed by atoms with E-state index in [9.17, 15) is 0 Å². The van der Waals surface area contributed by atoms with Crippen LogP contribution < -0.4 is 5.32 Å². The zero-order valence-electron chi connectivity index (χ0n) is 7.00. The highest BCUT2D eigenvalue weighted by molar-refractivity contribution is 5.65. The molecule has 0 radical (unpaired) electrons. The molecule has 0 fully saturated rings. The third kappa shape index (κ3) is 0.924. The number of hydrogen-bond donors (Lipinski definition) is 1. The Morgan fingerprint density at radius 2 is 2.17 bits per heavy atom. The smallest absolute Gasteiger partial charge is 0.176 e. The molecule has 12 heavy (non-hydrogen) atoms. The average Bonchev–Trinajstić information content (AvgIpc) is 2.44. The van der Waals surface area contributed by atoms with Crippen molar-refractivity contribution in [3.63, 3.8) is 0 Å². The molecule has 0 spiro atoms. The van der Waals surface area contributed by atoms with Crippen molar-refractivity contribution in [2.24, 2.45) is 0 Å². The summed E-state index contributed by atoms with van der Waals surface area (Å²) in [5, 5.41) is 3.07. The summed E-state index contributed by atoms with van der Waals surface area (Å²) in [6.45, 7) is 3.83. The number of fused-ring (bicyclic) bond motifs is 1. The summed E-state index contributed by atoms with van der Waals surface area (Å²) in [5.74, 6) is 0.755. The van der Waals surface area contributed by atoms with Gasteiger partial charge in [0.05, 0.1) is 0 Å². The topological polar surface area (TPSA) is 21.3 Å². The minimum atomic E-state index is -0.0197. The quantitative estimate of drug-likeness (QED) is 0.679. The lowest BCUT2D eigenvalue weighted by Crippen LogP contribution is -2.14. The molecule has 0 saturated heterocycles. The molecule has 0 aromatic heterocycles. The van der Waals surface area contributed by atoms with Gasteiger partial charge in [-0.2, -0.15) is 0 Å². The van der Waals surface area contributed by atoms with Crippen molar-refractivity contribution in [2.75, 3.05) is 7.05 Å². The van der Waals surface area contributed by atoms with E-state index < -0.39 is 0 Å². The van der Waals surface area contributed by atoms with Crippen molar-refractivity contribution in [3.05, 3.63) is 42.0 Å². The molecular weight excluding hydrogens is 150 g/mol. The molecule has 1 unspecified atom stereocenters. The van der Waals surface area contributed by atoms with Crippen LogP contribution in [0.4, 0.5) is 0 Å². The molecule has 0 saturated carbocycles. The molecule has 0 aliphatic carbocycles. The Bertz CT molecular complexity index is 319. The maximum Gasteiger partial charge on any atom is 0.176 e. The molecule has 1 aliphatic rings. The van der Waals surface area contributed by atoms with Gasteiger partial charge in [0.25, 0.3) is 0 Å². The molecular formula is C10H11NO. The van der Waals surface area contributed by atoms with Gasteiger partial charge in [-0.25, -0.2) is 0 Å². The Labute approximate surface area is 71.9 Å². The second-order valence-corrected chi connectivity index (χ2v) is 2.80. The Balaban J connectivity index is 2.50. The first-order valence-electron chi connectivity index (χ1n) is 3.95. The zero-order chi connectivity index (χ0) is 8.55. The van der Waals surface area contributed by atoms with E-state index in [0.29, 0.717) is 0 Å². The van der Waals surface area contributed by atoms with Crippen molar-refractivity contribution < 1.29 is 4.74 Å². The van der Waals surface area contributed by atoms with Crippen LogP contribution in [0.3, 0.4) is 0 Å². The van der Waals surface area contributed by atoms with Gasteiger partial charge >= 0.3 is 0 Å². The second kappa shape index (κ2) is 2.64. The van der Waals surface area contributed by atoms with Crippen LogP contribution in [0, 0.1) is 0 Å². The van der Waals surface area contributed by atoms with Gasteiger partial charge < -0.3 is 4.74 Å². The Kier molecular flexibility index (Phi) is 1.62. The van der Waals surface area contributed by atoms with Crippen molar-refractivity contribution in [1.29, 1.82) is 0 Å². The summed E-state index contributed by atoms with van der Waals surface area (Å²) < 4.78 is 5.48. The third-order valence-electron chi connectivity index (χ3n) is 2.07. The Hall–Kier alpha value is -1.28. The lowest BCUT2D eigenvalue weighted by Gasteiger charge is -2.08. The fourth-order valence-electron chi connectivity index (χ4n) is 1.46. The van der Waals surface area contributed by atoms with Gasteiger partial charge in [-0.3, -0.25) is 5.32 Å². The standard InChI is InChI=1S/C10H11NO/c1-7-8-5-3-4-6-9(8)10(11-2)12-7/h3-6,10-11H,1H2,2H3. The number of benzene rings is 1. The van der Waals surface area contributed by atoms with Crippen LogP contribution in [0.25, 0.3) is 5.76 Å². The van der Waals surface area contributed by atoms with Gasteiger partial charge in [0, 0.05) is 11.1 Å². The number of nitrogens with one attached hydrogen (secondary N) is 1. The van der Waals surface area contributed by atoms with E-state index in [1.807, 2.05) is 25.2 Å². The fraction of sp³-hybridized carbons (Fsp3) is 0.200. The molecule has 1 N–H and O–H groups in total. The Morgan fingerprint density at radius 3 is 2.92 bits per heavy atom. The molecule has 1 aromatic carbocycles. The maximum atomic E-state index is 5.48. The van der Waals surface area contributed by atoms with Crippen LogP contribution in [0.2, 0.25) is 0 Å². The van der Waals surface area contributed by atoms with Gasteiger partial charge in [-0.15, -0.1) is 0 Å². The summed E-state index contributed by atoms with van der Waals surface area (Å²) in [7, 11) is 1.88. The molecule has 0 bridgehead atoms. The first-order chi connectivity index (χ1) is 5.83. The molecule has 0 amide bonds. The van der Waals surface area contributed by atoms with Crippen LogP contribution in [-0.2, 0) is 4.74 Å². The second-order valence-electron chi connectivity index (χ2n) is 2.80. The van der Waals surface area contributed by atoms with E-state index in [0.717, 1.165) is 11.3 Å². The molecule has 1 heterocycles. The van der Waals surface area contributed by atoms with Crippen molar-refractivity contribution >= 4 is 5.76 Å². The van der Waals surface area contributed by atoms with Gasteiger partial charge in [0.15, 0.2) is 6.23 Å². The van der Waals surface area contributed by atoms with Gasteiger partial charge in [-0.1, -0.05) is 30.8 Å². The van der Waals surface area contributed by atoms with Crippen LogP contribution in [0.1, 0.15) is 17.4 Å². The Morgan fingerprint density at radius 1 is 1.42 bits per heavy atom. The maximum absolute atomic E-state index is 5.48. The number of hydrogen-bond acceptors (Lipinski definition) is 2. The predicted molar refractivity (Wildman–Crippen MR) is 48.4 cm³/mol. The summed E-state index contributed by atoms with van der Waals surface area (Å²) in [6.07, 6.45) is -0.0197. The van der Waals surface area contributed by atoms with Gasteiger partial charge in [0.1, 0.15) is 5.76 Å². The molecule has 1 aliphatic heterocycles. The van der Waals surface area contributed by atoms with E-state index in [1.165, 1.54) is 5.56 Å². The first kappa shape index (κ1) is 7.37. The molecule has 2 nitrogen and oxygen atoms in total. The minimum absolute atomic E-state index is 0.0197. The highest BCUT2D eigenvalue weighted by Crippen LogP contribution is 2.34. The lowest BCUT2D eigenvalue weighted by molar-refractivity contribution is 0.161. The predicted octanol–water partition coefficient (Wildman–Crippen LogP) is 1.91. The van der Waals surface area contributed by atoms with Gasteiger partial charge in [0.2, 0.25) is 0 Å². The van der Waals surface area contributed by atoms with E-state index in [2.05, 4.69) is 18.0 Å². The van der Waals surface area contributed by atoms with Gasteiger partial charge in [-0.05, 0) is 7.05 Å². The molecule has 2 rings (SSSR count). The fourth-order valence-corrected chi connectivity index (χ4v) is 1.46. The van der Waals surface area contributed by atoms with Crippen molar-refractivity contribution in [1.82, 2.24) is 5.32 Å².